The normalized spacial score (nSPS) is 13.1. The molecule has 19 nitrogen and oxygen atoms in total. The van der Waals surface area contributed by atoms with Crippen molar-refractivity contribution in [3.8, 4) is 11.5 Å². The summed E-state index contributed by atoms with van der Waals surface area (Å²) >= 11 is -2.68. The summed E-state index contributed by atoms with van der Waals surface area (Å²) in [5.74, 6) is -0.228. The second-order valence-electron chi connectivity index (χ2n) is 12.5. The number of anilines is 1. The van der Waals surface area contributed by atoms with Crippen LogP contribution in [0.3, 0.4) is 0 Å². The number of azo groups is 4. The summed E-state index contributed by atoms with van der Waals surface area (Å²) in [6.07, 6.45) is 0. The van der Waals surface area contributed by atoms with Gasteiger partial charge in [-0.05, 0) is 115 Å². The van der Waals surface area contributed by atoms with E-state index in [0.29, 0.717) is 45.4 Å². The molecule has 6 aromatic rings. The van der Waals surface area contributed by atoms with E-state index in [0.717, 1.165) is 23.8 Å². The number of fused-ring (bicyclic) bond motifs is 1. The van der Waals surface area contributed by atoms with Gasteiger partial charge in [0, 0.05) is 11.5 Å². The highest BCUT2D eigenvalue weighted by Crippen LogP contribution is 2.43. The minimum Gasteiger partial charge on any atom is -0.505 e. The molecular weight excluding hydrogens is 827 g/mol. The van der Waals surface area contributed by atoms with Gasteiger partial charge in [-0.15, -0.1) is 10.2 Å². The number of nitrogen functional groups attached to an aromatic ring is 1. The van der Waals surface area contributed by atoms with Crippen LogP contribution in [0.15, 0.2) is 153 Å². The summed E-state index contributed by atoms with van der Waals surface area (Å²) < 4.78 is 92.5. The molecule has 22 heteroatoms. The van der Waals surface area contributed by atoms with Crippen LogP contribution in [0, 0.1) is 13.8 Å². The molecule has 59 heavy (non-hydrogen) atoms. The van der Waals surface area contributed by atoms with Gasteiger partial charge in [0.2, 0.25) is 0 Å². The highest BCUT2D eigenvalue weighted by molar-refractivity contribution is 7.86. The van der Waals surface area contributed by atoms with Crippen LogP contribution in [0.2, 0.25) is 0 Å². The lowest BCUT2D eigenvalue weighted by atomic mass is 10.1. The van der Waals surface area contributed by atoms with Crippen molar-refractivity contribution in [2.75, 3.05) is 12.8 Å². The third-order valence-electron chi connectivity index (χ3n) is 8.37. The molecule has 0 aliphatic heterocycles. The fourth-order valence-electron chi connectivity index (χ4n) is 5.43. The first kappa shape index (κ1) is 41.9. The van der Waals surface area contributed by atoms with Gasteiger partial charge in [0.25, 0.3) is 20.2 Å². The van der Waals surface area contributed by atoms with Crippen LogP contribution in [-0.2, 0) is 31.3 Å². The fraction of sp³-hybridized carbons (Fsp3) is 0.0811. The number of hydrogen-bond donors (Lipinski definition) is 5. The summed E-state index contributed by atoms with van der Waals surface area (Å²) in [5, 5.41) is 44.6. The predicted octanol–water partition coefficient (Wildman–Crippen LogP) is 10.5. The number of phenolic OH excluding ortho intramolecular Hbond substituents is 1. The fourth-order valence-corrected chi connectivity index (χ4v) is 7.12. The van der Waals surface area contributed by atoms with E-state index in [9.17, 15) is 39.8 Å². The molecule has 0 saturated heterocycles. The number of methoxy groups -OCH3 is 1. The number of benzene rings is 6. The number of rotatable bonds is 12. The minimum absolute atomic E-state index is 0.0103. The lowest BCUT2D eigenvalue weighted by Crippen LogP contribution is -2.03. The Labute approximate surface area is 338 Å². The van der Waals surface area contributed by atoms with Crippen LogP contribution in [0.1, 0.15) is 11.1 Å². The van der Waals surface area contributed by atoms with Crippen molar-refractivity contribution in [2.45, 2.75) is 28.5 Å². The number of aryl methyl sites for hydroxylation is 2. The molecule has 6 aromatic carbocycles. The van der Waals surface area contributed by atoms with Gasteiger partial charge < -0.3 is 20.1 Å². The van der Waals surface area contributed by atoms with Gasteiger partial charge in [-0.1, -0.05) is 6.07 Å². The summed E-state index contributed by atoms with van der Waals surface area (Å²) in [6, 6.07) is 23.4. The van der Waals surface area contributed by atoms with Crippen LogP contribution < -0.4 is 10.5 Å². The average molecular weight is 858 g/mol. The molecule has 0 bridgehead atoms. The predicted molar refractivity (Wildman–Crippen MR) is 217 cm³/mol. The molecule has 0 aromatic heterocycles. The monoisotopic (exact) mass is 857 g/mol. The highest BCUT2D eigenvalue weighted by Gasteiger charge is 2.21. The zero-order valence-corrected chi connectivity index (χ0v) is 33.3. The Morgan fingerprint density at radius 2 is 1.15 bits per heavy atom. The lowest BCUT2D eigenvalue weighted by Gasteiger charge is -2.11. The number of nitrogens with two attached hydrogens (primary N) is 1. The molecule has 6 rings (SSSR count). The van der Waals surface area contributed by atoms with Crippen molar-refractivity contribution in [1.82, 2.24) is 0 Å². The van der Waals surface area contributed by atoms with Gasteiger partial charge in [-0.2, -0.15) is 47.5 Å². The number of aromatic hydroxyl groups is 1. The standard InChI is InChI=1S/C37H31N9O10S3/c1-20-14-25(42-46-36-34(57(48)49)15-22-16-35(59(53,54)55)29(38)19-28(22)37(36)47)8-10-30(20)43-41-24-7-11-31(21(2)13-24)44-45-32-12-9-26(18-33(32)56-3)40-39-23-5-4-6-27(17-23)58(50,51)52/h4-19,47H,38H2,1-3H3,(H,48,49)(H,50,51,52)(H,53,54,55). The molecule has 0 radical (unpaired) electrons. The number of nitrogens with zero attached hydrogens (tertiary/aromatic N) is 8. The second-order valence-corrected chi connectivity index (χ2v) is 16.2. The van der Waals surface area contributed by atoms with Gasteiger partial charge in [-0.3, -0.25) is 9.11 Å². The molecule has 6 N–H and O–H groups in total. The quantitative estimate of drug-likeness (QED) is 0.0333. The molecule has 0 heterocycles. The summed E-state index contributed by atoms with van der Waals surface area (Å²) in [4.78, 5) is -1.30. The number of hydrogen-bond acceptors (Lipinski definition) is 16. The Hall–Kier alpha value is -6.69. The Kier molecular flexibility index (Phi) is 12.1. The third-order valence-corrected chi connectivity index (χ3v) is 10.8. The van der Waals surface area contributed by atoms with Gasteiger partial charge in [0.05, 0.1) is 56.7 Å². The molecule has 0 fully saturated rings. The smallest absolute Gasteiger partial charge is 0.296 e. The molecular formula is C37H31N9O10S3. The van der Waals surface area contributed by atoms with Crippen molar-refractivity contribution >= 4 is 93.3 Å². The molecule has 0 aliphatic rings. The van der Waals surface area contributed by atoms with E-state index < -0.39 is 42.0 Å². The second kappa shape index (κ2) is 17.0. The largest absolute Gasteiger partial charge is 0.505 e. The van der Waals surface area contributed by atoms with E-state index >= 15 is 0 Å². The summed E-state index contributed by atoms with van der Waals surface area (Å²) in [5.41, 5.74) is 9.37. The molecule has 0 saturated carbocycles. The molecule has 0 amide bonds. The van der Waals surface area contributed by atoms with Crippen LogP contribution >= 0.6 is 0 Å². The van der Waals surface area contributed by atoms with Gasteiger partial charge in [0.1, 0.15) is 22.0 Å². The summed E-state index contributed by atoms with van der Waals surface area (Å²) in [7, 11) is -7.65. The average Bonchev–Trinajstić information content (AvgIpc) is 3.18. The summed E-state index contributed by atoms with van der Waals surface area (Å²) in [6.45, 7) is 3.58. The number of ether oxygens (including phenoxy) is 1. The Morgan fingerprint density at radius 1 is 0.627 bits per heavy atom. The van der Waals surface area contributed by atoms with Gasteiger partial charge in [0.15, 0.2) is 16.8 Å². The zero-order valence-electron chi connectivity index (χ0n) is 30.9. The first-order valence-electron chi connectivity index (χ1n) is 16.7. The Morgan fingerprint density at radius 3 is 1.71 bits per heavy atom. The van der Waals surface area contributed by atoms with Crippen molar-refractivity contribution in [3.63, 3.8) is 0 Å². The van der Waals surface area contributed by atoms with Crippen LogP contribution in [-0.4, -0.2) is 46.9 Å². The molecule has 1 atom stereocenters. The van der Waals surface area contributed by atoms with E-state index in [-0.39, 0.29) is 37.6 Å². The Bertz CT molecular complexity index is 3030. The first-order chi connectivity index (χ1) is 27.9. The van der Waals surface area contributed by atoms with E-state index in [1.54, 1.807) is 61.5 Å². The first-order valence-corrected chi connectivity index (χ1v) is 20.7. The van der Waals surface area contributed by atoms with E-state index in [1.165, 1.54) is 31.4 Å². The third kappa shape index (κ3) is 9.89. The SMILES string of the molecule is COc1cc(N=Nc2cccc(S(=O)(=O)O)c2)ccc1N=Nc1ccc(N=Nc2ccc(N=Nc3c(S(=O)O)cc4cc(S(=O)(=O)O)c(N)cc4c3O)cc2C)cc1C. The van der Waals surface area contributed by atoms with E-state index in [4.69, 9.17) is 10.5 Å². The Balaban J connectivity index is 1.15. The maximum Gasteiger partial charge on any atom is 0.296 e. The lowest BCUT2D eigenvalue weighted by molar-refractivity contribution is 0.416. The van der Waals surface area contributed by atoms with Crippen LogP contribution in [0.5, 0.6) is 11.5 Å². The highest BCUT2D eigenvalue weighted by atomic mass is 32.2. The van der Waals surface area contributed by atoms with Crippen molar-refractivity contribution < 1.29 is 44.5 Å². The van der Waals surface area contributed by atoms with Gasteiger partial charge >= 0.3 is 0 Å². The molecule has 302 valence electrons. The molecule has 1 unspecified atom stereocenters. The van der Waals surface area contributed by atoms with Crippen molar-refractivity contribution in [1.29, 1.82) is 0 Å². The topological polar surface area (TPSA) is 300 Å². The van der Waals surface area contributed by atoms with E-state index in [1.807, 2.05) is 6.92 Å². The van der Waals surface area contributed by atoms with Crippen LogP contribution in [0.4, 0.5) is 51.2 Å². The van der Waals surface area contributed by atoms with Crippen molar-refractivity contribution in [2.24, 2.45) is 40.9 Å². The molecule has 0 spiro atoms. The maximum absolute atomic E-state index is 12.2. The zero-order chi connectivity index (χ0) is 42.6. The van der Waals surface area contributed by atoms with Crippen molar-refractivity contribution in [3.05, 3.63) is 108 Å². The molecule has 0 aliphatic carbocycles. The minimum atomic E-state index is -4.71. The van der Waals surface area contributed by atoms with E-state index in [2.05, 4.69) is 40.9 Å². The van der Waals surface area contributed by atoms with Crippen LogP contribution in [0.25, 0.3) is 10.8 Å². The number of phenols is 1. The van der Waals surface area contributed by atoms with Gasteiger partial charge in [-0.25, -0.2) is 4.21 Å². The maximum atomic E-state index is 12.2.